The van der Waals surface area contributed by atoms with Crippen LogP contribution in [-0.4, -0.2) is 57.4 Å². The fourth-order valence-corrected chi connectivity index (χ4v) is 4.28. The van der Waals surface area contributed by atoms with E-state index < -0.39 is 11.7 Å². The Hall–Kier alpha value is -1.59. The molecule has 0 aliphatic carbocycles. The fourth-order valence-electron chi connectivity index (χ4n) is 4.28. The van der Waals surface area contributed by atoms with Crippen LogP contribution < -0.4 is 0 Å². The van der Waals surface area contributed by atoms with Crippen molar-refractivity contribution in [2.45, 2.75) is 76.9 Å². The Bertz CT molecular complexity index is 597. The van der Waals surface area contributed by atoms with Gasteiger partial charge < -0.3 is 9.84 Å². The maximum atomic E-state index is 12.7. The summed E-state index contributed by atoms with van der Waals surface area (Å²) < 4.78 is 5.63. The van der Waals surface area contributed by atoms with E-state index in [0.29, 0.717) is 0 Å². The Balaban J connectivity index is 1.79. The van der Waals surface area contributed by atoms with Gasteiger partial charge in [0.1, 0.15) is 5.60 Å². The van der Waals surface area contributed by atoms with Gasteiger partial charge >= 0.3 is 6.09 Å². The van der Waals surface area contributed by atoms with Gasteiger partial charge in [-0.25, -0.2) is 4.79 Å². The average molecular weight is 346 g/mol. The summed E-state index contributed by atoms with van der Waals surface area (Å²) in [7, 11) is 0. The van der Waals surface area contributed by atoms with Crippen LogP contribution in [0.1, 0.15) is 46.1 Å². The third kappa shape index (κ3) is 3.98. The highest BCUT2D eigenvalue weighted by Crippen LogP contribution is 2.37. The molecule has 5 nitrogen and oxygen atoms in total. The molecule has 0 aromatic heterocycles. The number of hydrogen-bond donors (Lipinski definition) is 1. The first-order valence-electron chi connectivity index (χ1n) is 9.23. The lowest BCUT2D eigenvalue weighted by molar-refractivity contribution is -0.0535. The second kappa shape index (κ2) is 6.96. The monoisotopic (exact) mass is 346 g/mol. The highest BCUT2D eigenvalue weighted by atomic mass is 16.6. The van der Waals surface area contributed by atoms with Gasteiger partial charge in [0.25, 0.3) is 0 Å². The highest BCUT2D eigenvalue weighted by molar-refractivity contribution is 5.70. The molecule has 1 unspecified atom stereocenters. The standard InChI is InChI=1S/C20H30N2O3/c1-14(23)18-17-11-10-16(22(17)19(24)25-20(2,3)4)13-21(18)12-15-8-6-5-7-9-15/h5-9,14,16-18,23H,10-13H2,1-4H3/t14?,16-,17+,18-/m1/s1. The largest absolute Gasteiger partial charge is 0.444 e. The van der Waals surface area contributed by atoms with Crippen LogP contribution in [0.4, 0.5) is 4.79 Å². The predicted molar refractivity (Wildman–Crippen MR) is 97.2 cm³/mol. The lowest BCUT2D eigenvalue weighted by atomic mass is 9.97. The molecule has 0 spiro atoms. The van der Waals surface area contributed by atoms with E-state index in [1.54, 1.807) is 0 Å². The summed E-state index contributed by atoms with van der Waals surface area (Å²) in [6.07, 6.45) is 1.14. The molecule has 2 fully saturated rings. The van der Waals surface area contributed by atoms with Crippen molar-refractivity contribution in [2.24, 2.45) is 0 Å². The Morgan fingerprint density at radius 3 is 2.56 bits per heavy atom. The Morgan fingerprint density at radius 2 is 1.96 bits per heavy atom. The molecule has 138 valence electrons. The van der Waals surface area contributed by atoms with E-state index in [1.807, 2.05) is 50.8 Å². The number of carbonyl (C=O) groups excluding carboxylic acids is 1. The molecular formula is C20H30N2O3. The number of benzene rings is 1. The summed E-state index contributed by atoms with van der Waals surface area (Å²) in [6, 6.07) is 10.4. The van der Waals surface area contributed by atoms with Crippen LogP contribution in [0, 0.1) is 0 Å². The van der Waals surface area contributed by atoms with E-state index in [1.165, 1.54) is 5.56 Å². The molecule has 2 saturated heterocycles. The van der Waals surface area contributed by atoms with Crippen molar-refractivity contribution < 1.29 is 14.6 Å². The molecule has 2 heterocycles. The summed E-state index contributed by atoms with van der Waals surface area (Å²) in [4.78, 5) is 16.9. The number of carbonyl (C=O) groups is 1. The number of fused-ring (bicyclic) bond motifs is 2. The topological polar surface area (TPSA) is 53.0 Å². The number of nitrogens with zero attached hydrogens (tertiary/aromatic N) is 2. The van der Waals surface area contributed by atoms with Crippen LogP contribution in [0.3, 0.4) is 0 Å². The number of aliphatic hydroxyl groups is 1. The molecule has 0 radical (unpaired) electrons. The number of piperazine rings is 1. The second-order valence-corrected chi connectivity index (χ2v) is 8.33. The maximum Gasteiger partial charge on any atom is 0.410 e. The van der Waals surface area contributed by atoms with Crippen LogP contribution in [0.25, 0.3) is 0 Å². The van der Waals surface area contributed by atoms with Gasteiger partial charge in [0.05, 0.1) is 18.2 Å². The molecule has 1 N–H and O–H groups in total. The van der Waals surface area contributed by atoms with Gasteiger partial charge in [0, 0.05) is 19.1 Å². The minimum absolute atomic E-state index is 0.0114. The molecular weight excluding hydrogens is 316 g/mol. The maximum absolute atomic E-state index is 12.7. The minimum Gasteiger partial charge on any atom is -0.444 e. The second-order valence-electron chi connectivity index (χ2n) is 8.33. The fraction of sp³-hybridized carbons (Fsp3) is 0.650. The number of aliphatic hydroxyl groups excluding tert-OH is 1. The van der Waals surface area contributed by atoms with Crippen LogP contribution in [0.2, 0.25) is 0 Å². The summed E-state index contributed by atoms with van der Waals surface area (Å²) in [5.74, 6) is 0. The first-order valence-corrected chi connectivity index (χ1v) is 9.23. The van der Waals surface area contributed by atoms with E-state index in [0.717, 1.165) is 25.9 Å². The van der Waals surface area contributed by atoms with Crippen molar-refractivity contribution >= 4 is 6.09 Å². The summed E-state index contributed by atoms with van der Waals surface area (Å²) in [5.41, 5.74) is 0.733. The van der Waals surface area contributed by atoms with E-state index in [4.69, 9.17) is 4.74 Å². The van der Waals surface area contributed by atoms with Crippen molar-refractivity contribution in [3.63, 3.8) is 0 Å². The van der Waals surface area contributed by atoms with Gasteiger partial charge in [-0.05, 0) is 46.1 Å². The quantitative estimate of drug-likeness (QED) is 0.914. The third-order valence-corrected chi connectivity index (χ3v) is 5.13. The van der Waals surface area contributed by atoms with Crippen molar-refractivity contribution in [3.8, 4) is 0 Å². The highest BCUT2D eigenvalue weighted by Gasteiger charge is 2.50. The molecule has 1 amide bonds. The Kier molecular flexibility index (Phi) is 5.07. The summed E-state index contributed by atoms with van der Waals surface area (Å²) >= 11 is 0. The SMILES string of the molecule is CC(O)[C@@H]1[C@@H]2CC[C@H](CN1Cc1ccccc1)N2C(=O)OC(C)(C)C. The zero-order chi connectivity index (χ0) is 18.2. The average Bonchev–Trinajstić information content (AvgIpc) is 2.81. The summed E-state index contributed by atoms with van der Waals surface area (Å²) in [5, 5.41) is 10.5. The van der Waals surface area contributed by atoms with E-state index in [9.17, 15) is 9.90 Å². The van der Waals surface area contributed by atoms with Gasteiger partial charge in [-0.3, -0.25) is 9.80 Å². The van der Waals surface area contributed by atoms with Crippen molar-refractivity contribution in [3.05, 3.63) is 35.9 Å². The molecule has 1 aromatic carbocycles. The normalized spacial score (nSPS) is 28.0. The Morgan fingerprint density at radius 1 is 1.28 bits per heavy atom. The Labute approximate surface area is 150 Å². The number of hydrogen-bond acceptors (Lipinski definition) is 4. The van der Waals surface area contributed by atoms with E-state index in [-0.39, 0.29) is 24.2 Å². The first-order chi connectivity index (χ1) is 11.8. The zero-order valence-electron chi connectivity index (χ0n) is 15.7. The molecule has 25 heavy (non-hydrogen) atoms. The number of ether oxygens (including phenoxy) is 1. The molecule has 3 rings (SSSR count). The number of likely N-dealkylation sites (tertiary alicyclic amines) is 1. The van der Waals surface area contributed by atoms with Crippen LogP contribution in [0.15, 0.2) is 30.3 Å². The molecule has 5 heteroatoms. The zero-order valence-corrected chi connectivity index (χ0v) is 15.7. The van der Waals surface area contributed by atoms with Crippen molar-refractivity contribution in [2.75, 3.05) is 6.54 Å². The van der Waals surface area contributed by atoms with Gasteiger partial charge in [-0.2, -0.15) is 0 Å². The summed E-state index contributed by atoms with van der Waals surface area (Å²) in [6.45, 7) is 9.08. The first kappa shape index (κ1) is 18.2. The van der Waals surface area contributed by atoms with E-state index in [2.05, 4.69) is 17.0 Å². The smallest absolute Gasteiger partial charge is 0.410 e. The number of amides is 1. The lowest BCUT2D eigenvalue weighted by Crippen LogP contribution is -2.64. The number of rotatable bonds is 3. The molecule has 1 aromatic rings. The molecule has 2 aliphatic heterocycles. The molecule has 4 atom stereocenters. The van der Waals surface area contributed by atoms with Gasteiger partial charge in [-0.15, -0.1) is 0 Å². The van der Waals surface area contributed by atoms with Crippen molar-refractivity contribution in [1.29, 1.82) is 0 Å². The van der Waals surface area contributed by atoms with Crippen LogP contribution >= 0.6 is 0 Å². The third-order valence-electron chi connectivity index (χ3n) is 5.13. The van der Waals surface area contributed by atoms with Crippen LogP contribution in [0.5, 0.6) is 0 Å². The van der Waals surface area contributed by atoms with Crippen LogP contribution in [-0.2, 0) is 11.3 Å². The lowest BCUT2D eigenvalue weighted by Gasteiger charge is -2.48. The minimum atomic E-state index is -0.502. The van der Waals surface area contributed by atoms with Crippen molar-refractivity contribution in [1.82, 2.24) is 9.80 Å². The van der Waals surface area contributed by atoms with Gasteiger partial charge in [0.15, 0.2) is 0 Å². The van der Waals surface area contributed by atoms with Gasteiger partial charge in [0.2, 0.25) is 0 Å². The van der Waals surface area contributed by atoms with Gasteiger partial charge in [-0.1, -0.05) is 30.3 Å². The molecule has 2 bridgehead atoms. The molecule has 0 saturated carbocycles. The van der Waals surface area contributed by atoms with E-state index >= 15 is 0 Å². The predicted octanol–water partition coefficient (Wildman–Crippen LogP) is 3.02. The molecule has 2 aliphatic rings.